The number of piperazine rings is 1. The molecule has 3 heterocycles. The van der Waals surface area contributed by atoms with Crippen LogP contribution in [0.25, 0.3) is 10.9 Å². The molecule has 198 valence electrons. The summed E-state index contributed by atoms with van der Waals surface area (Å²) in [6, 6.07) is 14.5. The molecular formula is C29H35N7O2. The second-order valence-corrected chi connectivity index (χ2v) is 10.6. The first-order valence-electron chi connectivity index (χ1n) is 13.6. The van der Waals surface area contributed by atoms with Gasteiger partial charge in [-0.1, -0.05) is 24.5 Å². The average Bonchev–Trinajstić information content (AvgIpc) is 3.63. The molecule has 0 radical (unpaired) electrons. The lowest BCUT2D eigenvalue weighted by atomic mass is 10.00. The van der Waals surface area contributed by atoms with E-state index in [-0.39, 0.29) is 17.6 Å². The van der Waals surface area contributed by atoms with E-state index >= 15 is 0 Å². The number of H-pyrrole nitrogens is 1. The van der Waals surface area contributed by atoms with Crippen LogP contribution < -0.4 is 15.2 Å². The van der Waals surface area contributed by atoms with Crippen LogP contribution in [0.1, 0.15) is 60.3 Å². The number of fused-ring (bicyclic) bond motifs is 1. The quantitative estimate of drug-likeness (QED) is 0.414. The first-order chi connectivity index (χ1) is 18.5. The molecule has 0 bridgehead atoms. The van der Waals surface area contributed by atoms with Gasteiger partial charge in [-0.2, -0.15) is 0 Å². The second-order valence-electron chi connectivity index (χ2n) is 10.6. The topological polar surface area (TPSA) is 92.2 Å². The van der Waals surface area contributed by atoms with Crippen molar-refractivity contribution in [2.24, 2.45) is 0 Å². The lowest BCUT2D eigenvalue weighted by Gasteiger charge is -2.39. The van der Waals surface area contributed by atoms with Crippen molar-refractivity contribution in [3.63, 3.8) is 0 Å². The van der Waals surface area contributed by atoms with Crippen molar-refractivity contribution in [3.05, 3.63) is 75.3 Å². The van der Waals surface area contributed by atoms with E-state index in [0.29, 0.717) is 5.56 Å². The van der Waals surface area contributed by atoms with Crippen molar-refractivity contribution < 1.29 is 4.74 Å². The van der Waals surface area contributed by atoms with E-state index in [9.17, 15) is 4.79 Å². The number of ether oxygens (including phenoxy) is 1. The fourth-order valence-corrected chi connectivity index (χ4v) is 6.23. The van der Waals surface area contributed by atoms with Crippen LogP contribution in [0.3, 0.4) is 0 Å². The Morgan fingerprint density at radius 1 is 1.00 bits per heavy atom. The zero-order valence-corrected chi connectivity index (χ0v) is 22.4. The number of benzene rings is 2. The summed E-state index contributed by atoms with van der Waals surface area (Å²) in [5.41, 5.74) is 4.94. The predicted molar refractivity (Wildman–Crippen MR) is 148 cm³/mol. The molecule has 0 amide bonds. The van der Waals surface area contributed by atoms with E-state index < -0.39 is 0 Å². The van der Waals surface area contributed by atoms with Crippen molar-refractivity contribution in [2.75, 3.05) is 38.2 Å². The number of hydrogen-bond acceptors (Lipinski definition) is 7. The van der Waals surface area contributed by atoms with E-state index in [4.69, 9.17) is 4.74 Å². The number of aryl methyl sites for hydroxylation is 2. The molecule has 1 atom stereocenters. The number of nitrogens with zero attached hydrogens (tertiary/aromatic N) is 6. The van der Waals surface area contributed by atoms with Crippen LogP contribution in [0.15, 0.2) is 47.3 Å². The van der Waals surface area contributed by atoms with Crippen LogP contribution >= 0.6 is 0 Å². The Bertz CT molecular complexity index is 1480. The van der Waals surface area contributed by atoms with E-state index in [0.717, 1.165) is 67.1 Å². The molecule has 2 aromatic carbocycles. The van der Waals surface area contributed by atoms with Crippen LogP contribution in [-0.2, 0) is 0 Å². The lowest BCUT2D eigenvalue weighted by Crippen LogP contribution is -2.49. The number of rotatable bonds is 6. The normalized spacial score (nSPS) is 17.8. The number of anilines is 1. The average molecular weight is 514 g/mol. The smallest absolute Gasteiger partial charge is 0.253 e. The van der Waals surface area contributed by atoms with Gasteiger partial charge in [-0.3, -0.25) is 9.69 Å². The van der Waals surface area contributed by atoms with E-state index in [2.05, 4.69) is 67.6 Å². The molecule has 2 aromatic heterocycles. The Kier molecular flexibility index (Phi) is 6.61. The molecule has 0 spiro atoms. The van der Waals surface area contributed by atoms with Crippen molar-refractivity contribution >= 4 is 16.6 Å². The molecule has 38 heavy (non-hydrogen) atoms. The Balaban J connectivity index is 1.38. The van der Waals surface area contributed by atoms with Gasteiger partial charge in [0.05, 0.1) is 18.7 Å². The molecule has 9 heteroatoms. The van der Waals surface area contributed by atoms with Gasteiger partial charge in [0.2, 0.25) is 0 Å². The molecule has 0 unspecified atom stereocenters. The van der Waals surface area contributed by atoms with Gasteiger partial charge >= 0.3 is 0 Å². The fraction of sp³-hybridized carbons (Fsp3) is 0.448. The van der Waals surface area contributed by atoms with Gasteiger partial charge in [0.25, 0.3) is 5.56 Å². The maximum Gasteiger partial charge on any atom is 0.253 e. The van der Waals surface area contributed by atoms with Gasteiger partial charge in [0.15, 0.2) is 5.82 Å². The Morgan fingerprint density at radius 2 is 1.74 bits per heavy atom. The predicted octanol–water partition coefficient (Wildman–Crippen LogP) is 4.17. The van der Waals surface area contributed by atoms with Crippen LogP contribution in [0.2, 0.25) is 0 Å². The minimum Gasteiger partial charge on any atom is -0.497 e. The van der Waals surface area contributed by atoms with Gasteiger partial charge in [-0.05, 0) is 84.5 Å². The lowest BCUT2D eigenvalue weighted by molar-refractivity contribution is 0.197. The number of aromatic amines is 1. The molecule has 1 N–H and O–H groups in total. The first-order valence-corrected chi connectivity index (χ1v) is 13.6. The Morgan fingerprint density at radius 3 is 2.45 bits per heavy atom. The van der Waals surface area contributed by atoms with Crippen LogP contribution in [0.5, 0.6) is 5.75 Å². The fourth-order valence-electron chi connectivity index (χ4n) is 6.23. The third kappa shape index (κ3) is 4.55. The van der Waals surface area contributed by atoms with Crippen LogP contribution in [0.4, 0.5) is 5.69 Å². The molecule has 6 rings (SSSR count). The van der Waals surface area contributed by atoms with E-state index in [1.165, 1.54) is 24.1 Å². The molecule has 4 aromatic rings. The number of aromatic nitrogens is 5. The maximum absolute atomic E-state index is 13.6. The van der Waals surface area contributed by atoms with Crippen molar-refractivity contribution in [2.45, 2.75) is 51.6 Å². The van der Waals surface area contributed by atoms with Gasteiger partial charge in [0, 0.05) is 37.4 Å². The molecule has 1 saturated heterocycles. The first kappa shape index (κ1) is 24.6. The van der Waals surface area contributed by atoms with Crippen LogP contribution in [0, 0.1) is 13.8 Å². The zero-order chi connectivity index (χ0) is 26.2. The number of nitrogens with one attached hydrogen (secondary N) is 1. The largest absolute Gasteiger partial charge is 0.497 e. The van der Waals surface area contributed by atoms with Gasteiger partial charge in [0.1, 0.15) is 11.8 Å². The zero-order valence-electron chi connectivity index (χ0n) is 22.4. The highest BCUT2D eigenvalue weighted by Gasteiger charge is 2.34. The maximum atomic E-state index is 13.6. The van der Waals surface area contributed by atoms with Crippen molar-refractivity contribution in [3.8, 4) is 5.75 Å². The van der Waals surface area contributed by atoms with Gasteiger partial charge in [-0.25, -0.2) is 4.68 Å². The van der Waals surface area contributed by atoms with Gasteiger partial charge in [-0.15, -0.1) is 5.10 Å². The highest BCUT2D eigenvalue weighted by atomic mass is 16.5. The monoisotopic (exact) mass is 513 g/mol. The molecule has 2 fully saturated rings. The standard InChI is InChI=1S/C29H35N7O2/c1-19-16-20(2)26-21(17-19)18-25(29(37)30-26)27(28-31-32-33-36(28)23-6-4-5-7-23)35-14-12-34(13-15-35)22-8-10-24(38-3)11-9-22/h8-11,16-18,23,27H,4-7,12-15H2,1-3H3,(H,30,37)/t27-/m0/s1. The number of hydrogen-bond donors (Lipinski definition) is 1. The number of pyridine rings is 1. The minimum atomic E-state index is -0.322. The highest BCUT2D eigenvalue weighted by molar-refractivity contribution is 5.83. The van der Waals surface area contributed by atoms with Crippen molar-refractivity contribution in [1.82, 2.24) is 30.1 Å². The molecule has 1 aliphatic carbocycles. The van der Waals surface area contributed by atoms with E-state index in [1.807, 2.05) is 23.7 Å². The molecule has 9 nitrogen and oxygen atoms in total. The minimum absolute atomic E-state index is 0.0759. The molecule has 1 saturated carbocycles. The number of methoxy groups -OCH3 is 1. The second kappa shape index (κ2) is 10.2. The molecular weight excluding hydrogens is 478 g/mol. The summed E-state index contributed by atoms with van der Waals surface area (Å²) in [5, 5.41) is 14.1. The summed E-state index contributed by atoms with van der Waals surface area (Å²) < 4.78 is 7.32. The summed E-state index contributed by atoms with van der Waals surface area (Å²) in [5.74, 6) is 1.62. The summed E-state index contributed by atoms with van der Waals surface area (Å²) in [7, 11) is 1.68. The number of tetrazole rings is 1. The summed E-state index contributed by atoms with van der Waals surface area (Å²) in [6.45, 7) is 7.40. The Hall–Kier alpha value is -3.72. The third-order valence-corrected chi connectivity index (χ3v) is 8.17. The van der Waals surface area contributed by atoms with E-state index in [1.54, 1.807) is 7.11 Å². The molecule has 2 aliphatic rings. The SMILES string of the molecule is COc1ccc(N2CCN([C@@H](c3cc4cc(C)cc(C)c4[nH]c3=O)c3nnnn3C3CCCC3)CC2)cc1. The summed E-state index contributed by atoms with van der Waals surface area (Å²) in [4.78, 5) is 21.6. The van der Waals surface area contributed by atoms with Gasteiger partial charge < -0.3 is 14.6 Å². The molecule has 1 aliphatic heterocycles. The summed E-state index contributed by atoms with van der Waals surface area (Å²) in [6.07, 6.45) is 4.51. The Labute approximate surface area is 222 Å². The van der Waals surface area contributed by atoms with Crippen molar-refractivity contribution in [1.29, 1.82) is 0 Å². The summed E-state index contributed by atoms with van der Waals surface area (Å²) >= 11 is 0. The highest BCUT2D eigenvalue weighted by Crippen LogP contribution is 2.35. The van der Waals surface area contributed by atoms with Crippen LogP contribution in [-0.4, -0.2) is 63.4 Å². The third-order valence-electron chi connectivity index (χ3n) is 8.17.